The molecule has 0 saturated carbocycles. The van der Waals surface area contributed by atoms with Gasteiger partial charge in [0.15, 0.2) is 0 Å². The second-order valence-electron chi connectivity index (χ2n) is 19.0. The van der Waals surface area contributed by atoms with Crippen LogP contribution in [0.15, 0.2) is 217 Å². The Morgan fingerprint density at radius 1 is 0.482 bits per heavy atom. The SMILES string of the molecule is Cc1ccc2ccc3ccc[c-]c3c2n1.Cc1cn(-c2ccccc2)c(-c2ccccc2O)n1.Cc1nnc(-c2ccccc2O)o1.Nc1cc2cccc3c2c(n1)-c1[c-]cccc1C3.Nc1ccc2ccc3ccc[c-]c3c2n1.[Ir].[Ir].[Ir].[La].[La]. The molecule has 15 rings (SSSR count). The number of benzene rings is 9. The number of aromatic hydroxyl groups is 2. The summed E-state index contributed by atoms with van der Waals surface area (Å²) < 4.78 is 7.16. The average molecular weight is 1900 g/mol. The van der Waals surface area contributed by atoms with Gasteiger partial charge >= 0.3 is 0 Å². The molecule has 423 valence electrons. The van der Waals surface area contributed by atoms with Crippen LogP contribution < -0.4 is 11.5 Å². The van der Waals surface area contributed by atoms with Crippen molar-refractivity contribution in [3.05, 3.63) is 259 Å². The van der Waals surface area contributed by atoms with Gasteiger partial charge in [0.05, 0.1) is 16.8 Å². The van der Waals surface area contributed by atoms with Crippen LogP contribution in [0.25, 0.3) is 93.9 Å². The molecule has 17 heteroatoms. The molecular formula is C68H52Ir3La2N9O3-3. The van der Waals surface area contributed by atoms with Crippen LogP contribution in [0, 0.1) is 110 Å². The first-order chi connectivity index (χ1) is 39.0. The van der Waals surface area contributed by atoms with Gasteiger partial charge in [0, 0.05) is 156 Å². The molecule has 85 heavy (non-hydrogen) atoms. The Morgan fingerprint density at radius 2 is 1.04 bits per heavy atom. The Morgan fingerprint density at radius 3 is 1.68 bits per heavy atom. The van der Waals surface area contributed by atoms with Crippen LogP contribution in [0.2, 0.25) is 0 Å². The third-order valence-corrected chi connectivity index (χ3v) is 13.3. The van der Waals surface area contributed by atoms with E-state index >= 15 is 0 Å². The summed E-state index contributed by atoms with van der Waals surface area (Å²) in [6, 6.07) is 76.5. The number of nitrogens with zero attached hydrogens (tertiary/aromatic N) is 7. The average Bonchev–Trinajstić information content (AvgIpc) is 3.77. The van der Waals surface area contributed by atoms with Gasteiger partial charge in [0.1, 0.15) is 29.0 Å². The number of anilines is 2. The van der Waals surface area contributed by atoms with Crippen molar-refractivity contribution in [2.45, 2.75) is 27.2 Å². The van der Waals surface area contributed by atoms with Gasteiger partial charge in [0.25, 0.3) is 5.89 Å². The van der Waals surface area contributed by atoms with Crippen LogP contribution in [0.4, 0.5) is 11.6 Å². The number of para-hydroxylation sites is 3. The second kappa shape index (κ2) is 31.3. The number of hydrogen-bond donors (Lipinski definition) is 4. The minimum atomic E-state index is 0. The fraction of sp³-hybridized carbons (Fsp3) is 0.0588. The third kappa shape index (κ3) is 15.8. The summed E-state index contributed by atoms with van der Waals surface area (Å²) >= 11 is 0. The predicted molar refractivity (Wildman–Crippen MR) is 320 cm³/mol. The molecular weight excluding hydrogens is 1850 g/mol. The first-order valence-corrected chi connectivity index (χ1v) is 25.8. The Kier molecular flexibility index (Phi) is 25.0. The van der Waals surface area contributed by atoms with Gasteiger partial charge in [0.2, 0.25) is 5.89 Å². The van der Waals surface area contributed by atoms with E-state index in [1.54, 1.807) is 37.3 Å². The number of nitrogen functional groups attached to an aromatic ring is 2. The molecule has 14 aromatic rings. The molecule has 5 heterocycles. The van der Waals surface area contributed by atoms with E-state index in [0.29, 0.717) is 29.0 Å². The van der Waals surface area contributed by atoms with Gasteiger partial charge in [-0.1, -0.05) is 103 Å². The van der Waals surface area contributed by atoms with Crippen LogP contribution in [-0.2, 0) is 66.7 Å². The quantitative estimate of drug-likeness (QED) is 0.0973. The van der Waals surface area contributed by atoms with E-state index in [2.05, 4.69) is 115 Å². The van der Waals surface area contributed by atoms with Gasteiger partial charge in [-0.05, 0) is 113 Å². The largest absolute Gasteiger partial charge is 0.507 e. The number of imidazole rings is 1. The van der Waals surface area contributed by atoms with Crippen molar-refractivity contribution in [3.63, 3.8) is 0 Å². The molecule has 9 aromatic carbocycles. The van der Waals surface area contributed by atoms with Gasteiger partial charge in [-0.2, -0.15) is 0 Å². The van der Waals surface area contributed by atoms with Crippen molar-refractivity contribution in [3.8, 4) is 51.3 Å². The molecule has 0 fully saturated rings. The minimum absolute atomic E-state index is 0. The monoisotopic (exact) mass is 1900 g/mol. The summed E-state index contributed by atoms with van der Waals surface area (Å²) in [7, 11) is 0. The number of fused-ring (bicyclic) bond motifs is 8. The number of hydrogen-bond acceptors (Lipinski definition) is 11. The van der Waals surface area contributed by atoms with Gasteiger partial charge in [-0.25, -0.2) is 4.98 Å². The Hall–Kier alpha value is -6.38. The first kappa shape index (κ1) is 67.7. The first-order valence-electron chi connectivity index (χ1n) is 25.8. The molecule has 1 aliphatic rings. The van der Waals surface area contributed by atoms with Crippen LogP contribution in [0.3, 0.4) is 0 Å². The molecule has 0 unspecified atom stereocenters. The number of phenols is 2. The third-order valence-electron chi connectivity index (χ3n) is 13.3. The molecule has 12 nitrogen and oxygen atoms in total. The number of aromatic nitrogens is 7. The summed E-state index contributed by atoms with van der Waals surface area (Å²) in [5.74, 6) is 3.08. The number of pyridine rings is 3. The van der Waals surface area contributed by atoms with Crippen molar-refractivity contribution >= 4 is 65.8 Å². The zero-order valence-corrected chi connectivity index (χ0v) is 60.6. The van der Waals surface area contributed by atoms with Crippen molar-refractivity contribution in [2.75, 3.05) is 11.5 Å². The van der Waals surface area contributed by atoms with E-state index in [1.807, 2.05) is 134 Å². The normalized spacial score (nSPS) is 10.4. The van der Waals surface area contributed by atoms with E-state index in [4.69, 9.17) is 15.9 Å². The smallest absolute Gasteiger partial charge is 0.251 e. The second-order valence-corrected chi connectivity index (χ2v) is 19.0. The number of nitrogens with two attached hydrogens (primary N) is 2. The van der Waals surface area contributed by atoms with E-state index in [-0.39, 0.29) is 143 Å². The molecule has 0 atom stereocenters. The van der Waals surface area contributed by atoms with Crippen molar-refractivity contribution < 1.29 is 146 Å². The Bertz CT molecular complexity index is 4430. The zero-order chi connectivity index (χ0) is 55.1. The van der Waals surface area contributed by atoms with Gasteiger partial charge in [-0.15, -0.1) is 116 Å². The van der Waals surface area contributed by atoms with E-state index in [0.717, 1.165) is 84.1 Å². The maximum absolute atomic E-state index is 9.99. The Balaban J connectivity index is 0.000000169. The maximum Gasteiger partial charge on any atom is 0.251 e. The molecule has 6 N–H and O–H groups in total. The standard InChI is InChI=1S/C16H14N2O.C16H11N2.C14H10N.C13H9N2.C9H8N2O2.3Ir.2La/c1-12-11-18(13-7-3-2-4-8-13)16(17-12)14-9-5-6-10-15(14)19;17-14-9-12-6-3-5-11-8-10-4-1-2-7-13(10)16(18-14)15(11)12;1-10-6-7-12-9-8-11-4-2-3-5-13(11)14(12)15-10;14-12-8-7-10-6-5-9-3-1-2-4-11(9)13(10)15-12;1-6-10-11-9(13-6)7-4-2-3-5-8(7)12;;;;;/h2-11,19H,1H3;1-6,9H,8H2,(H2,17,18);2-4,6-9H,1H3;1-3,5-8H,(H2,14,15);2-5,12H,1H3;;;;;/q;3*-1;;;;;;. The topological polar surface area (TPSA) is 188 Å². The molecule has 0 spiro atoms. The fourth-order valence-electron chi connectivity index (χ4n) is 9.64. The maximum atomic E-state index is 9.99. The molecule has 5 radical (unpaired) electrons. The van der Waals surface area contributed by atoms with Crippen LogP contribution in [0.1, 0.15) is 28.4 Å². The van der Waals surface area contributed by atoms with Crippen molar-refractivity contribution in [1.82, 2.24) is 34.7 Å². The molecule has 5 aromatic heterocycles. The molecule has 0 aliphatic heterocycles. The molecule has 1 aliphatic carbocycles. The number of rotatable bonds is 3. The minimum Gasteiger partial charge on any atom is -0.507 e. The summed E-state index contributed by atoms with van der Waals surface area (Å²) in [5, 5.41) is 36.1. The van der Waals surface area contributed by atoms with E-state index < -0.39 is 0 Å². The van der Waals surface area contributed by atoms with Gasteiger partial charge < -0.3 is 31.1 Å². The molecule has 0 bridgehead atoms. The summed E-state index contributed by atoms with van der Waals surface area (Å²) in [6.07, 6.45) is 2.92. The number of aryl methyl sites for hydroxylation is 3. The predicted octanol–water partition coefficient (Wildman–Crippen LogP) is 14.8. The molecule has 0 saturated heterocycles. The van der Waals surface area contributed by atoms with Crippen LogP contribution in [-0.4, -0.2) is 44.9 Å². The number of phenolic OH excluding ortho intramolecular Hbond substituents is 2. The summed E-state index contributed by atoms with van der Waals surface area (Å²) in [6.45, 7) is 5.67. The summed E-state index contributed by atoms with van der Waals surface area (Å²) in [5.41, 5.74) is 22.5. The van der Waals surface area contributed by atoms with Crippen molar-refractivity contribution in [1.29, 1.82) is 0 Å². The van der Waals surface area contributed by atoms with E-state index in [9.17, 15) is 10.2 Å². The van der Waals surface area contributed by atoms with Crippen LogP contribution >= 0.6 is 0 Å². The van der Waals surface area contributed by atoms with E-state index in [1.165, 1.54) is 27.3 Å². The van der Waals surface area contributed by atoms with Crippen LogP contribution in [0.5, 0.6) is 11.5 Å². The Labute approximate surface area is 588 Å². The summed E-state index contributed by atoms with van der Waals surface area (Å²) in [4.78, 5) is 18.0. The van der Waals surface area contributed by atoms with Crippen molar-refractivity contribution in [2.24, 2.45) is 0 Å². The van der Waals surface area contributed by atoms with Gasteiger partial charge in [-0.3, -0.25) is 14.5 Å². The molecule has 0 amide bonds. The zero-order valence-electron chi connectivity index (χ0n) is 46.2. The fourth-order valence-corrected chi connectivity index (χ4v) is 9.64.